The predicted octanol–water partition coefficient (Wildman–Crippen LogP) is 2.33. The number of halogens is 2. The lowest BCUT2D eigenvalue weighted by atomic mass is 10.1. The zero-order valence-corrected chi connectivity index (χ0v) is 16.4. The molecule has 1 rings (SSSR count). The maximum absolute atomic E-state index is 13.2. The van der Waals surface area contributed by atoms with E-state index in [1.54, 1.807) is 26.1 Å². The van der Waals surface area contributed by atoms with E-state index in [-0.39, 0.29) is 41.7 Å². The third kappa shape index (κ3) is 8.73. The van der Waals surface area contributed by atoms with Crippen molar-refractivity contribution in [3.8, 4) is 0 Å². The summed E-state index contributed by atoms with van der Waals surface area (Å²) in [5.74, 6) is 0.411. The summed E-state index contributed by atoms with van der Waals surface area (Å²) < 4.78 is 13.2. The number of nitrogens with zero attached hydrogens (tertiary/aromatic N) is 1. The maximum atomic E-state index is 13.2. The predicted molar refractivity (Wildman–Crippen MR) is 103 cm³/mol. The largest absolute Gasteiger partial charge is 0.356 e. The van der Waals surface area contributed by atoms with Gasteiger partial charge in [0.15, 0.2) is 5.96 Å². The monoisotopic (exact) mass is 436 g/mol. The van der Waals surface area contributed by atoms with Crippen molar-refractivity contribution in [3.63, 3.8) is 0 Å². The van der Waals surface area contributed by atoms with Gasteiger partial charge in [-0.15, -0.1) is 24.0 Å². The molecule has 0 aliphatic rings. The Hall–Kier alpha value is -1.38. The fourth-order valence-corrected chi connectivity index (χ4v) is 1.91. The Kier molecular flexibility index (Phi) is 10.5. The SMILES string of the molecule is CN=C(NCCC(=O)NC(C)C)NCc1ccc(F)c(C)c1.I. The zero-order valence-electron chi connectivity index (χ0n) is 14.1. The van der Waals surface area contributed by atoms with Gasteiger partial charge in [-0.2, -0.15) is 0 Å². The number of guanidine groups is 1. The van der Waals surface area contributed by atoms with Gasteiger partial charge in [0.1, 0.15) is 5.82 Å². The fraction of sp³-hybridized carbons (Fsp3) is 0.500. The Morgan fingerprint density at radius 3 is 2.57 bits per heavy atom. The van der Waals surface area contributed by atoms with Gasteiger partial charge in [0.25, 0.3) is 0 Å². The molecule has 0 atom stereocenters. The van der Waals surface area contributed by atoms with Crippen molar-refractivity contribution in [2.45, 2.75) is 39.8 Å². The van der Waals surface area contributed by atoms with Crippen LogP contribution in [0.15, 0.2) is 23.2 Å². The van der Waals surface area contributed by atoms with Gasteiger partial charge in [-0.05, 0) is 38.0 Å². The lowest BCUT2D eigenvalue weighted by molar-refractivity contribution is -0.121. The molecule has 0 saturated carbocycles. The fourth-order valence-electron chi connectivity index (χ4n) is 1.91. The molecule has 1 aromatic rings. The van der Waals surface area contributed by atoms with Gasteiger partial charge in [-0.25, -0.2) is 4.39 Å². The molecule has 23 heavy (non-hydrogen) atoms. The summed E-state index contributed by atoms with van der Waals surface area (Å²) in [5, 5.41) is 9.03. The van der Waals surface area contributed by atoms with Crippen molar-refractivity contribution in [3.05, 3.63) is 35.1 Å². The van der Waals surface area contributed by atoms with E-state index in [2.05, 4.69) is 20.9 Å². The summed E-state index contributed by atoms with van der Waals surface area (Å²) in [6, 6.07) is 5.13. The Bertz CT molecular complexity index is 535. The molecule has 0 unspecified atom stereocenters. The van der Waals surface area contributed by atoms with Gasteiger partial charge in [0, 0.05) is 32.6 Å². The first-order chi connectivity index (χ1) is 10.4. The minimum atomic E-state index is -0.206. The highest BCUT2D eigenvalue weighted by Gasteiger charge is 2.04. The molecule has 5 nitrogen and oxygen atoms in total. The first-order valence-electron chi connectivity index (χ1n) is 7.41. The van der Waals surface area contributed by atoms with Crippen LogP contribution in [-0.2, 0) is 11.3 Å². The van der Waals surface area contributed by atoms with E-state index in [1.807, 2.05) is 13.8 Å². The van der Waals surface area contributed by atoms with Crippen LogP contribution >= 0.6 is 24.0 Å². The van der Waals surface area contributed by atoms with Gasteiger partial charge in [0.05, 0.1) is 0 Å². The van der Waals surface area contributed by atoms with Crippen molar-refractivity contribution in [2.24, 2.45) is 4.99 Å². The second-order valence-corrected chi connectivity index (χ2v) is 5.41. The molecule has 130 valence electrons. The maximum Gasteiger partial charge on any atom is 0.221 e. The topological polar surface area (TPSA) is 65.5 Å². The van der Waals surface area contributed by atoms with Gasteiger partial charge in [0.2, 0.25) is 5.91 Å². The molecule has 3 N–H and O–H groups in total. The third-order valence-corrected chi connectivity index (χ3v) is 3.00. The smallest absolute Gasteiger partial charge is 0.221 e. The summed E-state index contributed by atoms with van der Waals surface area (Å²) in [7, 11) is 1.67. The molecular weight excluding hydrogens is 410 g/mol. The second-order valence-electron chi connectivity index (χ2n) is 5.41. The molecule has 0 bridgehead atoms. The van der Waals surface area contributed by atoms with Crippen LogP contribution in [0.4, 0.5) is 4.39 Å². The van der Waals surface area contributed by atoms with E-state index in [9.17, 15) is 9.18 Å². The molecule has 1 amide bonds. The summed E-state index contributed by atoms with van der Waals surface area (Å²) in [4.78, 5) is 15.6. The standard InChI is InChI=1S/C16H25FN4O.HI/c1-11(2)21-15(22)7-8-19-16(18-4)20-10-13-5-6-14(17)12(3)9-13;/h5-6,9,11H,7-8,10H2,1-4H3,(H,21,22)(H2,18,19,20);1H. The normalized spacial score (nSPS) is 11.0. The average Bonchev–Trinajstić information content (AvgIpc) is 2.45. The lowest BCUT2D eigenvalue weighted by Gasteiger charge is -2.13. The first kappa shape index (κ1) is 21.6. The van der Waals surface area contributed by atoms with E-state index < -0.39 is 0 Å². The van der Waals surface area contributed by atoms with Crippen molar-refractivity contribution in [1.29, 1.82) is 0 Å². The molecule has 0 aromatic heterocycles. The first-order valence-corrected chi connectivity index (χ1v) is 7.41. The number of hydrogen-bond acceptors (Lipinski definition) is 2. The highest BCUT2D eigenvalue weighted by molar-refractivity contribution is 14.0. The Morgan fingerprint density at radius 1 is 1.30 bits per heavy atom. The second kappa shape index (κ2) is 11.2. The zero-order chi connectivity index (χ0) is 16.5. The van der Waals surface area contributed by atoms with Gasteiger partial charge in [-0.1, -0.05) is 12.1 Å². The minimum absolute atomic E-state index is 0. The summed E-state index contributed by atoms with van der Waals surface area (Å²) in [6.07, 6.45) is 0.383. The van der Waals surface area contributed by atoms with E-state index in [4.69, 9.17) is 0 Å². The summed E-state index contributed by atoms with van der Waals surface area (Å²) >= 11 is 0. The molecule has 0 aliphatic carbocycles. The van der Waals surface area contributed by atoms with Crippen LogP contribution in [0.25, 0.3) is 0 Å². The number of amides is 1. The van der Waals surface area contributed by atoms with Gasteiger partial charge in [-0.3, -0.25) is 9.79 Å². The number of carbonyl (C=O) groups is 1. The molecule has 0 radical (unpaired) electrons. The molecule has 0 aliphatic heterocycles. The van der Waals surface area contributed by atoms with Crippen LogP contribution in [-0.4, -0.2) is 31.5 Å². The number of hydrogen-bond donors (Lipinski definition) is 3. The number of aryl methyl sites for hydroxylation is 1. The Balaban J connectivity index is 0.00000484. The van der Waals surface area contributed by atoms with Gasteiger partial charge < -0.3 is 16.0 Å². The molecule has 1 aromatic carbocycles. The third-order valence-electron chi connectivity index (χ3n) is 3.00. The summed E-state index contributed by atoms with van der Waals surface area (Å²) in [5.41, 5.74) is 1.59. The Labute approximate surface area is 154 Å². The summed E-state index contributed by atoms with van der Waals surface area (Å²) in [6.45, 7) is 6.63. The van der Waals surface area contributed by atoms with E-state index >= 15 is 0 Å². The molecule has 0 spiro atoms. The molecule has 0 heterocycles. The van der Waals surface area contributed by atoms with Crippen LogP contribution in [0.3, 0.4) is 0 Å². The quantitative estimate of drug-likeness (QED) is 0.365. The van der Waals surface area contributed by atoms with Crippen molar-refractivity contribution >= 4 is 35.8 Å². The van der Waals surface area contributed by atoms with Crippen LogP contribution in [0, 0.1) is 12.7 Å². The molecule has 0 saturated heterocycles. The van der Waals surface area contributed by atoms with E-state index in [1.165, 1.54) is 6.07 Å². The van der Waals surface area contributed by atoms with E-state index in [0.29, 0.717) is 31.0 Å². The van der Waals surface area contributed by atoms with Crippen molar-refractivity contribution in [2.75, 3.05) is 13.6 Å². The van der Waals surface area contributed by atoms with Crippen molar-refractivity contribution < 1.29 is 9.18 Å². The molecule has 7 heteroatoms. The Morgan fingerprint density at radius 2 is 2.00 bits per heavy atom. The molecular formula is C16H26FIN4O. The number of carbonyl (C=O) groups excluding carboxylic acids is 1. The molecule has 0 fully saturated rings. The highest BCUT2D eigenvalue weighted by Crippen LogP contribution is 2.08. The van der Waals surface area contributed by atoms with Gasteiger partial charge >= 0.3 is 0 Å². The number of aliphatic imine (C=N–C) groups is 1. The van der Waals surface area contributed by atoms with Crippen LogP contribution < -0.4 is 16.0 Å². The number of nitrogens with one attached hydrogen (secondary N) is 3. The highest BCUT2D eigenvalue weighted by atomic mass is 127. The number of rotatable bonds is 6. The van der Waals surface area contributed by atoms with Crippen LogP contribution in [0.2, 0.25) is 0 Å². The number of benzene rings is 1. The average molecular weight is 436 g/mol. The van der Waals surface area contributed by atoms with E-state index in [0.717, 1.165) is 5.56 Å². The lowest BCUT2D eigenvalue weighted by Crippen LogP contribution is -2.39. The van der Waals surface area contributed by atoms with Crippen molar-refractivity contribution in [1.82, 2.24) is 16.0 Å². The van der Waals surface area contributed by atoms with Crippen LogP contribution in [0.1, 0.15) is 31.4 Å². The van der Waals surface area contributed by atoms with Crippen LogP contribution in [0.5, 0.6) is 0 Å². The minimum Gasteiger partial charge on any atom is -0.356 e.